The van der Waals surface area contributed by atoms with Crippen molar-refractivity contribution in [2.75, 3.05) is 0 Å². The fourth-order valence-corrected chi connectivity index (χ4v) is 13.9. The summed E-state index contributed by atoms with van der Waals surface area (Å²) in [5, 5.41) is 51.7. The van der Waals surface area contributed by atoms with Crippen LogP contribution in [-0.4, -0.2) is 118 Å². The maximum Gasteiger partial charge on any atom is 0.142 e. The summed E-state index contributed by atoms with van der Waals surface area (Å²) in [4.78, 5) is 12.2. The standard InChI is InChI=1S/2C9H14N2.3C9H13NO.4C8H13N3.C8H15N3.C6H10N2.8CH4/c1-7(2)11-6-10-5-9(11)8-3-4-8;1-7(2)9-5-10-6-11(9)8-3-4-8;2*1-6(2)9-8(5-11-10-9)7-3-4-7;1-6(2)9-8(5-10-11-9)7-3-4-7;2*1-6(2)8-10-9-5-11(8)7-3-4-7;2*1-6(2)11-8(5-9-10-11)7-3-4-7;1-6(2)8-10-9-5-11(8)7(3)4;1-6(2)8-4-3-7-5-8;;;;;;;;/h2*5-8H,3-4H2,1-2H3;7*5-7H,3-4H2,1-2H3;5-7H,1-4H3;3-6H,1-2H3;8*1H4. The predicted molar refractivity (Wildman–Crippen MR) is 517 cm³/mol. The zero-order chi connectivity index (χ0) is 85.0. The summed E-state index contributed by atoms with van der Waals surface area (Å²) >= 11 is 0. The van der Waals surface area contributed by atoms with Gasteiger partial charge in [0, 0.05) is 143 Å². The average Bonchev–Trinajstić information content (AvgIpc) is 1.71. The van der Waals surface area contributed by atoms with Gasteiger partial charge in [-0.25, -0.2) is 24.3 Å². The van der Waals surface area contributed by atoms with Crippen LogP contribution in [0.15, 0.2) is 107 Å². The molecule has 710 valence electrons. The topological polar surface area (TPSA) is 285 Å². The smallest absolute Gasteiger partial charge is 0.142 e. The Balaban J connectivity index is 0.000000467. The monoisotopic (exact) mass is 1750 g/mol. The van der Waals surface area contributed by atoms with E-state index < -0.39 is 0 Å². The van der Waals surface area contributed by atoms with Crippen molar-refractivity contribution in [1.29, 1.82) is 0 Å². The van der Waals surface area contributed by atoms with Gasteiger partial charge in [0.05, 0.1) is 60.3 Å². The van der Waals surface area contributed by atoms with Gasteiger partial charge in [0.25, 0.3) is 0 Å². The van der Waals surface area contributed by atoms with Crippen LogP contribution in [0.25, 0.3) is 0 Å². The molecular formula is C99H176N24O3. The van der Waals surface area contributed by atoms with Crippen molar-refractivity contribution in [1.82, 2.24) is 118 Å². The molecule has 11 aromatic heterocycles. The van der Waals surface area contributed by atoms with E-state index in [1.807, 2.05) is 90.7 Å². The van der Waals surface area contributed by atoms with E-state index in [4.69, 9.17) is 13.6 Å². The van der Waals surface area contributed by atoms with Crippen molar-refractivity contribution < 1.29 is 13.6 Å². The largest absolute Gasteiger partial charge is 0.364 e. The lowest BCUT2D eigenvalue weighted by Gasteiger charge is -2.11. The third-order valence-corrected chi connectivity index (χ3v) is 22.1. The van der Waals surface area contributed by atoms with E-state index >= 15 is 0 Å². The first kappa shape index (κ1) is 113. The van der Waals surface area contributed by atoms with Gasteiger partial charge in [-0.2, -0.15) is 0 Å². The Morgan fingerprint density at radius 3 is 1.03 bits per heavy atom. The minimum Gasteiger partial charge on any atom is -0.364 e. The molecule has 126 heavy (non-hydrogen) atoms. The quantitative estimate of drug-likeness (QED) is 0.0646. The highest BCUT2D eigenvalue weighted by Crippen LogP contribution is 2.47. The van der Waals surface area contributed by atoms with Crippen LogP contribution in [0.5, 0.6) is 0 Å². The maximum atomic E-state index is 5.18. The third kappa shape index (κ3) is 34.2. The molecular weight excluding hydrogens is 1570 g/mol. The molecule has 0 bridgehead atoms. The molecule has 0 unspecified atom stereocenters. The van der Waals surface area contributed by atoms with Crippen molar-refractivity contribution in [3.8, 4) is 0 Å². The number of rotatable bonds is 21. The van der Waals surface area contributed by atoms with Gasteiger partial charge >= 0.3 is 0 Å². The highest BCUT2D eigenvalue weighted by Gasteiger charge is 2.35. The molecule has 0 amide bonds. The van der Waals surface area contributed by atoms with Gasteiger partial charge in [-0.1, -0.05) is 182 Å². The van der Waals surface area contributed by atoms with Crippen LogP contribution in [0.2, 0.25) is 0 Å². The molecule has 0 aliphatic heterocycles. The van der Waals surface area contributed by atoms with E-state index in [1.54, 1.807) is 12.5 Å². The van der Waals surface area contributed by atoms with Gasteiger partial charge < -0.3 is 41.0 Å². The Hall–Kier alpha value is -9.04. The molecule has 0 saturated heterocycles. The van der Waals surface area contributed by atoms with Crippen molar-refractivity contribution >= 4 is 0 Å². The van der Waals surface area contributed by atoms with Gasteiger partial charge in [0.2, 0.25) is 0 Å². The predicted octanol–water partition coefficient (Wildman–Crippen LogP) is 28.2. The second-order valence-corrected chi connectivity index (χ2v) is 37.3. The maximum absolute atomic E-state index is 5.18. The van der Waals surface area contributed by atoms with Gasteiger partial charge in [-0.15, -0.1) is 40.8 Å². The average molecular weight is 1750 g/mol. The van der Waals surface area contributed by atoms with Crippen LogP contribution in [0.3, 0.4) is 0 Å². The number of hydrogen-bond donors (Lipinski definition) is 0. The van der Waals surface area contributed by atoms with Crippen LogP contribution in [0.1, 0.15) is 541 Å². The van der Waals surface area contributed by atoms with Crippen molar-refractivity contribution in [3.05, 3.63) is 168 Å². The van der Waals surface area contributed by atoms with E-state index in [2.05, 4.69) is 275 Å². The molecule has 9 saturated carbocycles. The molecule has 27 heteroatoms. The number of nitrogens with zero attached hydrogens (tertiary/aromatic N) is 24. The Bertz CT molecular complexity index is 3540. The number of hydrogen-bond acceptors (Lipinski definition) is 19. The molecule has 27 nitrogen and oxygen atoms in total. The number of aromatic nitrogens is 24. The molecule has 0 aromatic carbocycles. The Morgan fingerprint density at radius 1 is 0.310 bits per heavy atom. The summed E-state index contributed by atoms with van der Waals surface area (Å²) in [7, 11) is 0. The Labute approximate surface area is 762 Å². The van der Waals surface area contributed by atoms with Crippen LogP contribution in [0, 0.1) is 0 Å². The molecule has 0 radical (unpaired) electrons. The SMILES string of the molecule is C.C.C.C.C.C.C.C.CC(C)c1cncn1C1CC1.CC(C)c1nncn1C(C)C.CC(C)c1nncn1C1CC1.CC(C)c1nncn1C1CC1.CC(C)c1nocc1C1CC1.CC(C)c1nocc1C1CC1.CC(C)c1oncc1C1CC1.CC(C)n1ccnc1.CC(C)n1cncc1C1CC1.CC(C)n1nncc1C1CC1.CC(C)n1nncc1C1CC1. The minimum absolute atomic E-state index is 0. The summed E-state index contributed by atoms with van der Waals surface area (Å²) in [5.74, 6) is 12.6. The van der Waals surface area contributed by atoms with Gasteiger partial charge in [0.1, 0.15) is 54.7 Å². The van der Waals surface area contributed by atoms with Crippen molar-refractivity contribution in [2.45, 2.75) is 466 Å². The van der Waals surface area contributed by atoms with Crippen LogP contribution >= 0.6 is 0 Å². The lowest BCUT2D eigenvalue weighted by atomic mass is 10.0. The third-order valence-electron chi connectivity index (χ3n) is 22.1. The molecule has 0 atom stereocenters. The summed E-state index contributed by atoms with van der Waals surface area (Å²) < 4.78 is 32.3. The normalized spacial score (nSPS) is 15.6. The molecule has 11 aromatic rings. The summed E-state index contributed by atoms with van der Waals surface area (Å²) in [5.41, 5.74) is 11.8. The van der Waals surface area contributed by atoms with Crippen LogP contribution in [-0.2, 0) is 0 Å². The van der Waals surface area contributed by atoms with E-state index in [0.717, 1.165) is 76.2 Å². The lowest BCUT2D eigenvalue weighted by Crippen LogP contribution is -2.06. The Morgan fingerprint density at radius 2 is 0.698 bits per heavy atom. The highest BCUT2D eigenvalue weighted by atomic mass is 16.5. The first-order chi connectivity index (χ1) is 56.5. The summed E-state index contributed by atoms with van der Waals surface area (Å²) in [6, 6.07) is 4.66. The molecule has 9 aliphatic carbocycles. The fourth-order valence-electron chi connectivity index (χ4n) is 13.9. The van der Waals surface area contributed by atoms with E-state index in [1.165, 1.54) is 155 Å². The van der Waals surface area contributed by atoms with Crippen molar-refractivity contribution in [2.24, 2.45) is 0 Å². The molecule has 0 N–H and O–H groups in total. The van der Waals surface area contributed by atoms with E-state index in [-0.39, 0.29) is 59.4 Å². The first-order valence-electron chi connectivity index (χ1n) is 44.8. The molecule has 20 rings (SSSR count). The second-order valence-electron chi connectivity index (χ2n) is 37.3. The summed E-state index contributed by atoms with van der Waals surface area (Å²) in [6.45, 7) is 51.7. The van der Waals surface area contributed by atoms with Gasteiger partial charge in [-0.3, -0.25) is 0 Å². The lowest BCUT2D eigenvalue weighted by molar-refractivity contribution is 0.369. The highest BCUT2D eigenvalue weighted by molar-refractivity contribution is 5.28. The zero-order valence-electron chi connectivity index (χ0n) is 76.0. The molecule has 9 fully saturated rings. The van der Waals surface area contributed by atoms with Gasteiger partial charge in [0.15, 0.2) is 0 Å². The number of imidazole rings is 3. The van der Waals surface area contributed by atoms with Gasteiger partial charge in [-0.05, 0) is 220 Å². The van der Waals surface area contributed by atoms with Crippen LogP contribution < -0.4 is 0 Å². The first-order valence-corrected chi connectivity index (χ1v) is 44.8. The second kappa shape index (κ2) is 53.7. The van der Waals surface area contributed by atoms with Crippen molar-refractivity contribution in [3.63, 3.8) is 0 Å². The summed E-state index contributed by atoms with van der Waals surface area (Å²) in [6.07, 6.45) is 52.1. The molecule has 11 heterocycles. The molecule has 9 aliphatic rings. The minimum atomic E-state index is 0. The van der Waals surface area contributed by atoms with E-state index in [9.17, 15) is 0 Å². The Kier molecular flexibility index (Phi) is 48.2. The van der Waals surface area contributed by atoms with Crippen LogP contribution in [0.4, 0.5) is 0 Å². The molecule has 0 spiro atoms. The fraction of sp³-hybridized carbons (Fsp3) is 0.717. The zero-order valence-corrected chi connectivity index (χ0v) is 76.0. The van der Waals surface area contributed by atoms with E-state index in [0.29, 0.717) is 83.7 Å².